The molecule has 0 unspecified atom stereocenters. The molecule has 1 aromatic heterocycles. The maximum absolute atomic E-state index is 12.3. The van der Waals surface area contributed by atoms with E-state index in [1.54, 1.807) is 43.0 Å². The van der Waals surface area contributed by atoms with Crippen molar-refractivity contribution in [3.63, 3.8) is 0 Å². The Kier molecular flexibility index (Phi) is 7.98. The molecule has 0 bridgehead atoms. The number of fused-ring (bicyclic) bond motifs is 1. The van der Waals surface area contributed by atoms with Crippen molar-refractivity contribution in [1.82, 2.24) is 10.2 Å². The summed E-state index contributed by atoms with van der Waals surface area (Å²) in [6.07, 6.45) is 0. The highest BCUT2D eigenvalue weighted by atomic mass is 32.2. The van der Waals surface area contributed by atoms with E-state index in [0.717, 1.165) is 14.4 Å². The molecule has 0 radical (unpaired) electrons. The van der Waals surface area contributed by atoms with Gasteiger partial charge in [0.2, 0.25) is 5.91 Å². The largest absolute Gasteiger partial charge is 0.462 e. The Bertz CT molecular complexity index is 1250. The summed E-state index contributed by atoms with van der Waals surface area (Å²) in [5, 5.41) is 13.7. The van der Waals surface area contributed by atoms with Crippen molar-refractivity contribution < 1.29 is 14.3 Å². The minimum Gasteiger partial charge on any atom is -0.462 e. The second-order valence-electron chi connectivity index (χ2n) is 6.90. The van der Waals surface area contributed by atoms with E-state index in [1.807, 2.05) is 6.07 Å². The maximum atomic E-state index is 12.3. The fourth-order valence-corrected chi connectivity index (χ4v) is 5.92. The van der Waals surface area contributed by atoms with Crippen LogP contribution >= 0.6 is 34.9 Å². The van der Waals surface area contributed by atoms with Crippen LogP contribution in [0.25, 0.3) is 10.8 Å². The monoisotopic (exact) mass is 495 g/mol. The zero-order valence-electron chi connectivity index (χ0n) is 17.8. The van der Waals surface area contributed by atoms with Gasteiger partial charge in [0.25, 0.3) is 0 Å². The van der Waals surface area contributed by atoms with Gasteiger partial charge in [-0.1, -0.05) is 77.3 Å². The fourth-order valence-electron chi connectivity index (χ4n) is 3.10. The SMILES string of the molecule is CCOC(=O)c1ccc(NC(=O)CSc2nnc(SCc3cccc4ccccc34)s2)cc1. The predicted molar refractivity (Wildman–Crippen MR) is 135 cm³/mol. The number of nitrogens with zero attached hydrogens (tertiary/aromatic N) is 2. The van der Waals surface area contributed by atoms with Crippen LogP contribution in [0.5, 0.6) is 0 Å². The number of benzene rings is 3. The standard InChI is InChI=1S/C24H21N3O3S3/c1-2-30-22(29)17-10-12-19(13-11-17)25-21(28)15-32-24-27-26-23(33-24)31-14-18-8-5-7-16-6-3-4-9-20(16)18/h3-13H,2,14-15H2,1H3,(H,25,28). The van der Waals surface area contributed by atoms with Gasteiger partial charge < -0.3 is 10.1 Å². The number of anilines is 1. The first-order valence-corrected chi connectivity index (χ1v) is 13.0. The van der Waals surface area contributed by atoms with Gasteiger partial charge >= 0.3 is 5.97 Å². The van der Waals surface area contributed by atoms with Crippen LogP contribution in [0, 0.1) is 0 Å². The van der Waals surface area contributed by atoms with E-state index in [2.05, 4.69) is 51.9 Å². The number of thioether (sulfide) groups is 2. The summed E-state index contributed by atoms with van der Waals surface area (Å²) in [5.41, 5.74) is 2.33. The molecule has 0 spiro atoms. The van der Waals surface area contributed by atoms with Gasteiger partial charge in [0, 0.05) is 11.4 Å². The van der Waals surface area contributed by atoms with E-state index in [4.69, 9.17) is 4.74 Å². The third-order valence-electron chi connectivity index (χ3n) is 4.63. The Balaban J connectivity index is 1.26. The number of aromatic nitrogens is 2. The molecule has 33 heavy (non-hydrogen) atoms. The van der Waals surface area contributed by atoms with Gasteiger partial charge in [-0.15, -0.1) is 10.2 Å². The first kappa shape index (κ1) is 23.3. The molecule has 3 aromatic carbocycles. The molecule has 1 amide bonds. The van der Waals surface area contributed by atoms with Crippen molar-refractivity contribution in [1.29, 1.82) is 0 Å². The van der Waals surface area contributed by atoms with Crippen LogP contribution in [0.15, 0.2) is 75.4 Å². The second-order valence-corrected chi connectivity index (χ2v) is 10.3. The molecule has 9 heteroatoms. The Hall–Kier alpha value is -2.88. The van der Waals surface area contributed by atoms with Crippen molar-refractivity contribution in [2.24, 2.45) is 0 Å². The highest BCUT2D eigenvalue weighted by Gasteiger charge is 2.11. The molecule has 4 rings (SSSR count). The molecule has 0 aliphatic rings. The highest BCUT2D eigenvalue weighted by Crippen LogP contribution is 2.32. The van der Waals surface area contributed by atoms with E-state index in [1.165, 1.54) is 39.4 Å². The van der Waals surface area contributed by atoms with E-state index in [0.29, 0.717) is 17.9 Å². The number of rotatable bonds is 9. The molecule has 0 saturated heterocycles. The topological polar surface area (TPSA) is 81.2 Å². The van der Waals surface area contributed by atoms with Crippen LogP contribution in [0.4, 0.5) is 5.69 Å². The summed E-state index contributed by atoms with van der Waals surface area (Å²) in [4.78, 5) is 24.0. The van der Waals surface area contributed by atoms with Gasteiger partial charge in [0.1, 0.15) is 0 Å². The lowest BCUT2D eigenvalue weighted by Gasteiger charge is -2.06. The third kappa shape index (κ3) is 6.34. The van der Waals surface area contributed by atoms with Gasteiger partial charge in [-0.3, -0.25) is 4.79 Å². The number of carbonyl (C=O) groups is 2. The van der Waals surface area contributed by atoms with Crippen LogP contribution in [-0.4, -0.2) is 34.4 Å². The Morgan fingerprint density at radius 2 is 1.67 bits per heavy atom. The molecule has 0 atom stereocenters. The quantitative estimate of drug-likeness (QED) is 0.229. The molecule has 0 aliphatic carbocycles. The molecule has 0 aliphatic heterocycles. The third-order valence-corrected chi connectivity index (χ3v) is 7.86. The van der Waals surface area contributed by atoms with Crippen molar-refractivity contribution in [3.05, 3.63) is 77.9 Å². The first-order valence-electron chi connectivity index (χ1n) is 10.2. The smallest absolute Gasteiger partial charge is 0.338 e. The molecule has 1 heterocycles. The molecular formula is C24H21N3O3S3. The number of esters is 1. The zero-order chi connectivity index (χ0) is 23.0. The van der Waals surface area contributed by atoms with E-state index >= 15 is 0 Å². The van der Waals surface area contributed by atoms with Crippen molar-refractivity contribution >= 4 is 63.2 Å². The zero-order valence-corrected chi connectivity index (χ0v) is 20.3. The summed E-state index contributed by atoms with van der Waals surface area (Å²) < 4.78 is 6.59. The van der Waals surface area contributed by atoms with Crippen molar-refractivity contribution in [3.8, 4) is 0 Å². The minimum absolute atomic E-state index is 0.149. The molecule has 168 valence electrons. The van der Waals surface area contributed by atoms with Gasteiger partial charge in [-0.25, -0.2) is 4.79 Å². The summed E-state index contributed by atoms with van der Waals surface area (Å²) in [7, 11) is 0. The first-order chi connectivity index (χ1) is 16.1. The van der Waals surface area contributed by atoms with Crippen LogP contribution in [0.1, 0.15) is 22.8 Å². The Labute approximate surface area is 204 Å². The van der Waals surface area contributed by atoms with Crippen LogP contribution in [-0.2, 0) is 15.3 Å². The van der Waals surface area contributed by atoms with E-state index < -0.39 is 0 Å². The highest BCUT2D eigenvalue weighted by molar-refractivity contribution is 8.03. The Morgan fingerprint density at radius 1 is 0.939 bits per heavy atom. The molecule has 1 N–H and O–H groups in total. The van der Waals surface area contributed by atoms with Gasteiger partial charge in [0.05, 0.1) is 17.9 Å². The average Bonchev–Trinajstić information content (AvgIpc) is 3.30. The molecular weight excluding hydrogens is 474 g/mol. The number of carbonyl (C=O) groups excluding carboxylic acids is 2. The van der Waals surface area contributed by atoms with E-state index in [9.17, 15) is 9.59 Å². The van der Waals surface area contributed by atoms with Gasteiger partial charge in [-0.05, 0) is 47.5 Å². The van der Waals surface area contributed by atoms with Crippen LogP contribution in [0.3, 0.4) is 0 Å². The van der Waals surface area contributed by atoms with Gasteiger partial charge in [0.15, 0.2) is 8.68 Å². The molecule has 6 nitrogen and oxygen atoms in total. The predicted octanol–water partition coefficient (Wildman–Crippen LogP) is 5.89. The van der Waals surface area contributed by atoms with Crippen LogP contribution < -0.4 is 5.32 Å². The molecule has 0 saturated carbocycles. The summed E-state index contributed by atoms with van der Waals surface area (Å²) >= 11 is 4.49. The number of nitrogens with one attached hydrogen (secondary N) is 1. The van der Waals surface area contributed by atoms with Crippen molar-refractivity contribution in [2.75, 3.05) is 17.7 Å². The number of hydrogen-bond donors (Lipinski definition) is 1. The molecule has 4 aromatic rings. The number of amides is 1. The van der Waals surface area contributed by atoms with Crippen LogP contribution in [0.2, 0.25) is 0 Å². The summed E-state index contributed by atoms with van der Waals surface area (Å²) in [5.74, 6) is 0.505. The minimum atomic E-state index is -0.378. The lowest BCUT2D eigenvalue weighted by atomic mass is 10.1. The summed E-state index contributed by atoms with van der Waals surface area (Å²) in [6.45, 7) is 2.08. The van der Waals surface area contributed by atoms with Crippen molar-refractivity contribution in [2.45, 2.75) is 21.4 Å². The lowest BCUT2D eigenvalue weighted by Crippen LogP contribution is -2.14. The number of ether oxygens (including phenoxy) is 1. The molecule has 0 fully saturated rings. The lowest BCUT2D eigenvalue weighted by molar-refractivity contribution is -0.113. The average molecular weight is 496 g/mol. The van der Waals surface area contributed by atoms with Gasteiger partial charge in [-0.2, -0.15) is 0 Å². The van der Waals surface area contributed by atoms with E-state index in [-0.39, 0.29) is 17.6 Å². The number of hydrogen-bond acceptors (Lipinski definition) is 8. The normalized spacial score (nSPS) is 10.8. The Morgan fingerprint density at radius 3 is 2.45 bits per heavy atom. The second kappa shape index (κ2) is 11.3. The fraction of sp³-hybridized carbons (Fsp3) is 0.167. The maximum Gasteiger partial charge on any atom is 0.338 e. The summed E-state index contributed by atoms with van der Waals surface area (Å²) in [6, 6.07) is 21.3.